The van der Waals surface area contributed by atoms with Crippen molar-refractivity contribution in [2.45, 2.75) is 98.5 Å². The Labute approximate surface area is 226 Å². The second-order valence-corrected chi connectivity index (χ2v) is 11.3. The van der Waals surface area contributed by atoms with Gasteiger partial charge in [0, 0.05) is 18.5 Å². The van der Waals surface area contributed by atoms with Gasteiger partial charge in [0.25, 0.3) is 0 Å². The smallest absolute Gasteiger partial charge is 0.408 e. The summed E-state index contributed by atoms with van der Waals surface area (Å²) in [5.74, 6) is -0.610. The summed E-state index contributed by atoms with van der Waals surface area (Å²) in [6.45, 7) is 16.6. The lowest BCUT2D eigenvalue weighted by Crippen LogP contribution is -2.56. The summed E-state index contributed by atoms with van der Waals surface area (Å²) in [6.07, 6.45) is -0.583. The molecule has 3 N–H and O–H groups in total. The third kappa shape index (κ3) is 8.50. The molecule has 0 bridgehead atoms. The van der Waals surface area contributed by atoms with Crippen LogP contribution in [0.1, 0.15) is 76.8 Å². The molecule has 0 aliphatic carbocycles. The number of hydrogen-bond acceptors (Lipinski definition) is 5. The maximum atomic E-state index is 14.3. The van der Waals surface area contributed by atoms with Crippen LogP contribution in [-0.2, 0) is 20.7 Å². The van der Waals surface area contributed by atoms with Gasteiger partial charge in [0.05, 0.1) is 0 Å². The molecule has 2 aromatic carbocycles. The van der Waals surface area contributed by atoms with Crippen LogP contribution in [0.2, 0.25) is 0 Å². The van der Waals surface area contributed by atoms with Crippen LogP contribution in [0.25, 0.3) is 0 Å². The maximum absolute atomic E-state index is 14.3. The van der Waals surface area contributed by atoms with Crippen molar-refractivity contribution in [1.29, 1.82) is 0 Å². The summed E-state index contributed by atoms with van der Waals surface area (Å²) in [4.78, 5) is 42.3. The number of phenols is 1. The maximum Gasteiger partial charge on any atom is 0.408 e. The fraction of sp³-hybridized carbons (Fsp3) is 0.500. The number of carbonyl (C=O) groups is 3. The van der Waals surface area contributed by atoms with E-state index in [2.05, 4.69) is 10.6 Å². The molecule has 38 heavy (non-hydrogen) atoms. The number of alkyl carbamates (subject to hydrolysis) is 1. The third-order valence-electron chi connectivity index (χ3n) is 6.07. The zero-order valence-corrected chi connectivity index (χ0v) is 24.1. The fourth-order valence-electron chi connectivity index (χ4n) is 4.23. The standard InChI is InChI=1S/C30H43N3O5/c1-18(2)31-27(35)26(24-12-10-11-20(5)21(24)6)33(19(3)4)28(36)25(32-29(37)38-30(7,8)9)17-22-13-15-23(34)16-14-22/h10-16,18-19,25-26,34H,17H2,1-9H3,(H,31,35)(H,32,37). The van der Waals surface area contributed by atoms with Crippen LogP contribution in [0, 0.1) is 13.8 Å². The molecule has 2 rings (SSSR count). The molecule has 2 atom stereocenters. The predicted molar refractivity (Wildman–Crippen MR) is 149 cm³/mol. The number of carbonyl (C=O) groups excluding carboxylic acids is 3. The van der Waals surface area contributed by atoms with Crippen LogP contribution < -0.4 is 10.6 Å². The average molecular weight is 526 g/mol. The second-order valence-electron chi connectivity index (χ2n) is 11.3. The van der Waals surface area contributed by atoms with Gasteiger partial charge >= 0.3 is 6.09 Å². The third-order valence-corrected chi connectivity index (χ3v) is 6.07. The van der Waals surface area contributed by atoms with E-state index >= 15 is 0 Å². The number of hydrogen-bond donors (Lipinski definition) is 3. The van der Waals surface area contributed by atoms with Gasteiger partial charge in [-0.3, -0.25) is 9.59 Å². The van der Waals surface area contributed by atoms with Crippen molar-refractivity contribution in [3.05, 3.63) is 64.7 Å². The lowest BCUT2D eigenvalue weighted by molar-refractivity contribution is -0.144. The highest BCUT2D eigenvalue weighted by molar-refractivity contribution is 5.92. The molecule has 0 saturated carbocycles. The van der Waals surface area contributed by atoms with Crippen molar-refractivity contribution in [3.63, 3.8) is 0 Å². The molecule has 3 amide bonds. The first kappa shape index (κ1) is 30.7. The van der Waals surface area contributed by atoms with Crippen LogP contribution in [-0.4, -0.2) is 51.6 Å². The number of nitrogens with one attached hydrogen (secondary N) is 2. The zero-order valence-electron chi connectivity index (χ0n) is 24.1. The fourth-order valence-corrected chi connectivity index (χ4v) is 4.23. The van der Waals surface area contributed by atoms with Gasteiger partial charge in [0.15, 0.2) is 0 Å². The van der Waals surface area contributed by atoms with Gasteiger partial charge in [-0.2, -0.15) is 0 Å². The number of amides is 3. The molecular formula is C30H43N3O5. The molecule has 0 fully saturated rings. The Hall–Kier alpha value is -3.55. The van der Waals surface area contributed by atoms with Crippen molar-refractivity contribution in [3.8, 4) is 5.75 Å². The van der Waals surface area contributed by atoms with E-state index in [0.29, 0.717) is 0 Å². The summed E-state index contributed by atoms with van der Waals surface area (Å²) in [7, 11) is 0. The predicted octanol–water partition coefficient (Wildman–Crippen LogP) is 4.95. The highest BCUT2D eigenvalue weighted by atomic mass is 16.6. The summed E-state index contributed by atoms with van der Waals surface area (Å²) in [5.41, 5.74) is 2.63. The van der Waals surface area contributed by atoms with Gasteiger partial charge in [-0.1, -0.05) is 30.3 Å². The number of aromatic hydroxyl groups is 1. The highest BCUT2D eigenvalue weighted by Gasteiger charge is 2.38. The molecule has 8 heteroatoms. The zero-order chi connectivity index (χ0) is 28.8. The molecule has 0 spiro atoms. The van der Waals surface area contributed by atoms with Crippen molar-refractivity contribution < 1.29 is 24.2 Å². The van der Waals surface area contributed by atoms with E-state index in [1.54, 1.807) is 37.8 Å². The first-order valence-electron chi connectivity index (χ1n) is 13.1. The van der Waals surface area contributed by atoms with E-state index in [-0.39, 0.29) is 30.2 Å². The van der Waals surface area contributed by atoms with Gasteiger partial charge in [0.2, 0.25) is 11.8 Å². The quantitative estimate of drug-likeness (QED) is 0.429. The Morgan fingerprint density at radius 3 is 2.08 bits per heavy atom. The minimum Gasteiger partial charge on any atom is -0.508 e. The first-order valence-corrected chi connectivity index (χ1v) is 13.1. The summed E-state index contributed by atoms with van der Waals surface area (Å²) in [6, 6.07) is 9.73. The number of rotatable bonds is 9. The van der Waals surface area contributed by atoms with Gasteiger partial charge in [-0.25, -0.2) is 4.79 Å². The van der Waals surface area contributed by atoms with Crippen LogP contribution in [0.3, 0.4) is 0 Å². The number of ether oxygens (including phenoxy) is 1. The van der Waals surface area contributed by atoms with E-state index in [0.717, 1.165) is 22.3 Å². The molecule has 2 unspecified atom stereocenters. The molecule has 0 radical (unpaired) electrons. The number of aryl methyl sites for hydroxylation is 1. The van der Waals surface area contributed by atoms with Crippen molar-refractivity contribution >= 4 is 17.9 Å². The van der Waals surface area contributed by atoms with Crippen LogP contribution in [0.4, 0.5) is 4.79 Å². The molecular weight excluding hydrogens is 482 g/mol. The Morgan fingerprint density at radius 1 is 0.947 bits per heavy atom. The van der Waals surface area contributed by atoms with Crippen molar-refractivity contribution in [1.82, 2.24) is 15.5 Å². The molecule has 0 aromatic heterocycles. The van der Waals surface area contributed by atoms with Gasteiger partial charge in [-0.05, 0) is 96.7 Å². The Bertz CT molecular complexity index is 1120. The van der Waals surface area contributed by atoms with Crippen LogP contribution in [0.5, 0.6) is 5.75 Å². The molecule has 0 aliphatic heterocycles. The normalized spacial score (nSPS) is 13.1. The lowest BCUT2D eigenvalue weighted by Gasteiger charge is -2.38. The highest BCUT2D eigenvalue weighted by Crippen LogP contribution is 2.29. The van der Waals surface area contributed by atoms with Crippen molar-refractivity contribution in [2.75, 3.05) is 0 Å². The minimum atomic E-state index is -1.02. The van der Waals surface area contributed by atoms with E-state index in [4.69, 9.17) is 4.74 Å². The minimum absolute atomic E-state index is 0.0980. The number of benzene rings is 2. The van der Waals surface area contributed by atoms with E-state index < -0.39 is 29.7 Å². The molecule has 0 heterocycles. The van der Waals surface area contributed by atoms with E-state index in [9.17, 15) is 19.5 Å². The SMILES string of the molecule is Cc1cccc(C(C(=O)NC(C)C)N(C(=O)C(Cc2ccc(O)cc2)NC(=O)OC(C)(C)C)C(C)C)c1C. The Morgan fingerprint density at radius 2 is 1.55 bits per heavy atom. The topological polar surface area (TPSA) is 108 Å². The summed E-state index contributed by atoms with van der Waals surface area (Å²) < 4.78 is 5.46. The molecule has 208 valence electrons. The van der Waals surface area contributed by atoms with Gasteiger partial charge in [0.1, 0.15) is 23.4 Å². The van der Waals surface area contributed by atoms with Crippen molar-refractivity contribution in [2.24, 2.45) is 0 Å². The Balaban J connectivity index is 2.59. The largest absolute Gasteiger partial charge is 0.508 e. The number of nitrogens with zero attached hydrogens (tertiary/aromatic N) is 1. The average Bonchev–Trinajstić information content (AvgIpc) is 2.78. The van der Waals surface area contributed by atoms with E-state index in [1.807, 2.05) is 59.7 Å². The molecule has 0 aliphatic rings. The Kier molecular flexibility index (Phi) is 10.3. The van der Waals surface area contributed by atoms with Gasteiger partial charge in [-0.15, -0.1) is 0 Å². The van der Waals surface area contributed by atoms with E-state index in [1.165, 1.54) is 12.1 Å². The van der Waals surface area contributed by atoms with Crippen LogP contribution >= 0.6 is 0 Å². The molecule has 8 nitrogen and oxygen atoms in total. The summed E-state index contributed by atoms with van der Waals surface area (Å²) >= 11 is 0. The monoisotopic (exact) mass is 525 g/mol. The van der Waals surface area contributed by atoms with Crippen LogP contribution in [0.15, 0.2) is 42.5 Å². The molecule has 0 saturated heterocycles. The number of phenolic OH excluding ortho intramolecular Hbond substituents is 1. The lowest BCUT2D eigenvalue weighted by atomic mass is 9.93. The second kappa shape index (κ2) is 12.8. The summed E-state index contributed by atoms with van der Waals surface area (Å²) in [5, 5.41) is 15.4. The van der Waals surface area contributed by atoms with Gasteiger partial charge < -0.3 is 25.4 Å². The first-order chi connectivity index (χ1) is 17.6. The molecule has 2 aromatic rings.